The average Bonchev–Trinajstić information content (AvgIpc) is 2.42. The van der Waals surface area contributed by atoms with Crippen LogP contribution in [0, 0.1) is 19.7 Å². The number of benzene rings is 1. The Hall–Kier alpha value is -1.91. The topological polar surface area (TPSA) is 49.4 Å². The van der Waals surface area contributed by atoms with Crippen molar-refractivity contribution in [3.05, 3.63) is 34.6 Å². The number of hydrogen-bond donors (Lipinski definition) is 1. The van der Waals surface area contributed by atoms with E-state index in [0.717, 1.165) is 5.56 Å². The molecule has 0 radical (unpaired) electrons. The van der Waals surface area contributed by atoms with Crippen LogP contribution in [0.1, 0.15) is 37.0 Å². The average molecular weight is 292 g/mol. The lowest BCUT2D eigenvalue weighted by Gasteiger charge is -2.37. The van der Waals surface area contributed by atoms with Crippen LogP contribution in [0.4, 0.5) is 4.39 Å². The molecule has 0 bridgehead atoms. The molecule has 1 saturated heterocycles. The third-order valence-corrected chi connectivity index (χ3v) is 3.93. The molecule has 1 fully saturated rings. The van der Waals surface area contributed by atoms with Gasteiger partial charge in [0.05, 0.1) is 0 Å². The normalized spacial score (nSPS) is 22.4. The van der Waals surface area contributed by atoms with Crippen LogP contribution in [-0.2, 0) is 16.1 Å². The number of nitrogens with one attached hydrogen (secondary N) is 1. The molecular formula is C16H21FN2O2. The van der Waals surface area contributed by atoms with Crippen LogP contribution in [0.25, 0.3) is 0 Å². The summed E-state index contributed by atoms with van der Waals surface area (Å²) >= 11 is 0. The van der Waals surface area contributed by atoms with Gasteiger partial charge in [0.25, 0.3) is 0 Å². The number of nitrogens with zero attached hydrogens (tertiary/aromatic N) is 1. The number of rotatable bonds is 3. The van der Waals surface area contributed by atoms with Gasteiger partial charge in [0, 0.05) is 6.54 Å². The molecule has 2 rings (SSSR count). The van der Waals surface area contributed by atoms with E-state index in [-0.39, 0.29) is 17.6 Å². The van der Waals surface area contributed by atoms with Gasteiger partial charge in [-0.3, -0.25) is 9.59 Å². The van der Waals surface area contributed by atoms with Gasteiger partial charge < -0.3 is 10.2 Å². The fraction of sp³-hybridized carbons (Fsp3) is 0.500. The van der Waals surface area contributed by atoms with E-state index in [9.17, 15) is 14.0 Å². The van der Waals surface area contributed by atoms with Crippen molar-refractivity contribution in [2.45, 2.75) is 52.7 Å². The van der Waals surface area contributed by atoms with Gasteiger partial charge in [0.1, 0.15) is 17.9 Å². The summed E-state index contributed by atoms with van der Waals surface area (Å²) in [5.41, 5.74) is 1.96. The van der Waals surface area contributed by atoms with E-state index >= 15 is 0 Å². The number of amides is 2. The van der Waals surface area contributed by atoms with Crippen molar-refractivity contribution in [1.82, 2.24) is 10.2 Å². The van der Waals surface area contributed by atoms with E-state index < -0.39 is 12.1 Å². The lowest BCUT2D eigenvalue weighted by Crippen LogP contribution is -2.61. The Bertz CT molecular complexity index is 563. The standard InChI is InChI=1S/C16H21FN2O2/c1-5-13-15(20)18-11(4)16(21)19(13)8-12-6-9(2)14(17)10(3)7-12/h6-7,11,13H,5,8H2,1-4H3,(H,18,20). The first kappa shape index (κ1) is 15.5. The molecule has 0 saturated carbocycles. The van der Waals surface area contributed by atoms with E-state index in [1.807, 2.05) is 6.92 Å². The number of carbonyl (C=O) groups is 2. The second-order valence-corrected chi connectivity index (χ2v) is 5.66. The van der Waals surface area contributed by atoms with Gasteiger partial charge in [-0.1, -0.05) is 19.1 Å². The number of halogens is 1. The molecule has 0 spiro atoms. The molecule has 1 aromatic rings. The molecule has 2 atom stereocenters. The molecule has 1 aliphatic rings. The molecule has 2 amide bonds. The predicted molar refractivity (Wildman–Crippen MR) is 78.1 cm³/mol. The van der Waals surface area contributed by atoms with E-state index in [4.69, 9.17) is 0 Å². The fourth-order valence-corrected chi connectivity index (χ4v) is 2.83. The molecule has 0 aromatic heterocycles. The summed E-state index contributed by atoms with van der Waals surface area (Å²) in [5, 5.41) is 2.69. The van der Waals surface area contributed by atoms with Gasteiger partial charge in [-0.15, -0.1) is 0 Å². The molecule has 1 N–H and O–H groups in total. The third-order valence-electron chi connectivity index (χ3n) is 3.93. The number of hydrogen-bond acceptors (Lipinski definition) is 2. The second kappa shape index (κ2) is 5.84. The highest BCUT2D eigenvalue weighted by molar-refractivity contribution is 5.96. The summed E-state index contributed by atoms with van der Waals surface area (Å²) in [6, 6.07) is 2.50. The Morgan fingerprint density at radius 2 is 1.81 bits per heavy atom. The zero-order valence-corrected chi connectivity index (χ0v) is 12.9. The van der Waals surface area contributed by atoms with Gasteiger partial charge in [0.15, 0.2) is 0 Å². The zero-order valence-electron chi connectivity index (χ0n) is 12.9. The summed E-state index contributed by atoms with van der Waals surface area (Å²) in [7, 11) is 0. The Morgan fingerprint density at radius 1 is 1.24 bits per heavy atom. The highest BCUT2D eigenvalue weighted by Crippen LogP contribution is 2.20. The highest BCUT2D eigenvalue weighted by atomic mass is 19.1. The van der Waals surface area contributed by atoms with Gasteiger partial charge in [-0.25, -0.2) is 4.39 Å². The van der Waals surface area contributed by atoms with Crippen LogP contribution in [0.3, 0.4) is 0 Å². The maximum absolute atomic E-state index is 13.7. The summed E-state index contributed by atoms with van der Waals surface area (Å²) in [6.45, 7) is 7.30. The van der Waals surface area contributed by atoms with Crippen molar-refractivity contribution in [2.75, 3.05) is 0 Å². The maximum atomic E-state index is 13.7. The second-order valence-electron chi connectivity index (χ2n) is 5.66. The molecule has 0 aliphatic carbocycles. The van der Waals surface area contributed by atoms with Gasteiger partial charge in [0.2, 0.25) is 11.8 Å². The van der Waals surface area contributed by atoms with E-state index in [0.29, 0.717) is 24.1 Å². The van der Waals surface area contributed by atoms with Crippen molar-refractivity contribution in [2.24, 2.45) is 0 Å². The first-order chi connectivity index (χ1) is 9.85. The van der Waals surface area contributed by atoms with Crippen molar-refractivity contribution >= 4 is 11.8 Å². The zero-order chi connectivity index (χ0) is 15.7. The van der Waals surface area contributed by atoms with Gasteiger partial charge >= 0.3 is 0 Å². The number of aryl methyl sites for hydroxylation is 2. The summed E-state index contributed by atoms with van der Waals surface area (Å²) in [6.07, 6.45) is 0.559. The number of carbonyl (C=O) groups excluding carboxylic acids is 2. The molecule has 21 heavy (non-hydrogen) atoms. The van der Waals surface area contributed by atoms with Crippen molar-refractivity contribution in [3.63, 3.8) is 0 Å². The lowest BCUT2D eigenvalue weighted by molar-refractivity contribution is -0.149. The predicted octanol–water partition coefficient (Wildman–Crippen LogP) is 2.07. The Morgan fingerprint density at radius 3 is 2.33 bits per heavy atom. The van der Waals surface area contributed by atoms with Crippen LogP contribution in [0.15, 0.2) is 12.1 Å². The maximum Gasteiger partial charge on any atom is 0.245 e. The molecule has 4 nitrogen and oxygen atoms in total. The molecule has 114 valence electrons. The summed E-state index contributed by atoms with van der Waals surface area (Å²) < 4.78 is 13.7. The van der Waals surface area contributed by atoms with Crippen LogP contribution in [0.5, 0.6) is 0 Å². The number of piperazine rings is 1. The van der Waals surface area contributed by atoms with Crippen LogP contribution in [0.2, 0.25) is 0 Å². The Labute approximate surface area is 124 Å². The smallest absolute Gasteiger partial charge is 0.245 e. The summed E-state index contributed by atoms with van der Waals surface area (Å²) in [5.74, 6) is -0.442. The Kier molecular flexibility index (Phi) is 4.30. The first-order valence-corrected chi connectivity index (χ1v) is 7.21. The van der Waals surface area contributed by atoms with E-state index in [1.54, 1.807) is 37.8 Å². The monoisotopic (exact) mass is 292 g/mol. The molecule has 5 heteroatoms. The molecular weight excluding hydrogens is 271 g/mol. The molecule has 1 aromatic carbocycles. The minimum Gasteiger partial charge on any atom is -0.343 e. The lowest BCUT2D eigenvalue weighted by atomic mass is 10.0. The minimum absolute atomic E-state index is 0.0962. The summed E-state index contributed by atoms with van der Waals surface area (Å²) in [4.78, 5) is 25.9. The van der Waals surface area contributed by atoms with E-state index in [1.165, 1.54) is 0 Å². The van der Waals surface area contributed by atoms with Gasteiger partial charge in [-0.05, 0) is 43.9 Å². The molecule has 1 heterocycles. The van der Waals surface area contributed by atoms with Crippen molar-refractivity contribution in [3.8, 4) is 0 Å². The van der Waals surface area contributed by atoms with E-state index in [2.05, 4.69) is 5.32 Å². The highest BCUT2D eigenvalue weighted by Gasteiger charge is 2.37. The molecule has 2 unspecified atom stereocenters. The largest absolute Gasteiger partial charge is 0.343 e. The van der Waals surface area contributed by atoms with Crippen LogP contribution in [-0.4, -0.2) is 28.8 Å². The van der Waals surface area contributed by atoms with Crippen molar-refractivity contribution < 1.29 is 14.0 Å². The third kappa shape index (κ3) is 2.91. The minimum atomic E-state index is -0.511. The van der Waals surface area contributed by atoms with Crippen molar-refractivity contribution in [1.29, 1.82) is 0 Å². The quantitative estimate of drug-likeness (QED) is 0.927. The fourth-order valence-electron chi connectivity index (χ4n) is 2.83. The van der Waals surface area contributed by atoms with Crippen LogP contribution < -0.4 is 5.32 Å². The Balaban J connectivity index is 2.31. The first-order valence-electron chi connectivity index (χ1n) is 7.21. The van der Waals surface area contributed by atoms with Gasteiger partial charge in [-0.2, -0.15) is 0 Å². The molecule has 1 aliphatic heterocycles. The SMILES string of the molecule is CCC1C(=O)NC(C)C(=O)N1Cc1cc(C)c(F)c(C)c1. The van der Waals surface area contributed by atoms with Crippen LogP contribution >= 0.6 is 0 Å².